The van der Waals surface area contributed by atoms with Crippen LogP contribution >= 0.6 is 11.6 Å². The SMILES string of the molecule is C[C@@H]1CC[C@@H](c2noc(C(C)(C)O)n2)CN1.C[C@@H]1CC[C@@H](c2noc(C(C)(C)O)n2)CN1C(=O)c1ccc(F)cc1-n1nccn1.O=C(Cl)c1ccc(F)cc1-n1nccn1. The zero-order valence-electron chi connectivity index (χ0n) is 34.4. The topological polar surface area (TPSA) is 229 Å². The van der Waals surface area contributed by atoms with Gasteiger partial charge >= 0.3 is 0 Å². The van der Waals surface area contributed by atoms with Gasteiger partial charge < -0.3 is 29.5 Å². The first-order valence-electron chi connectivity index (χ1n) is 19.6. The number of carbonyl (C=O) groups excluding carboxylic acids is 2. The molecule has 8 rings (SSSR count). The van der Waals surface area contributed by atoms with E-state index in [-0.39, 0.29) is 40.7 Å². The maximum atomic E-state index is 13.9. The first kappa shape index (κ1) is 44.7. The highest BCUT2D eigenvalue weighted by Gasteiger charge is 2.35. The zero-order valence-corrected chi connectivity index (χ0v) is 35.2. The summed E-state index contributed by atoms with van der Waals surface area (Å²) in [6.07, 6.45) is 9.51. The average Bonchev–Trinajstić information content (AvgIpc) is 4.06. The van der Waals surface area contributed by atoms with E-state index in [9.17, 15) is 28.6 Å². The fraction of sp³-hybridized carbons (Fsp3) is 0.450. The molecule has 0 aliphatic carbocycles. The lowest BCUT2D eigenvalue weighted by molar-refractivity contribution is 0.0417. The Bertz CT molecular complexity index is 2390. The van der Waals surface area contributed by atoms with Crippen LogP contribution in [0.2, 0.25) is 0 Å². The summed E-state index contributed by atoms with van der Waals surface area (Å²) in [4.78, 5) is 37.1. The second-order valence-electron chi connectivity index (χ2n) is 15.9. The third-order valence-electron chi connectivity index (χ3n) is 10.1. The van der Waals surface area contributed by atoms with Crippen LogP contribution in [0.15, 0.2) is 70.2 Å². The van der Waals surface area contributed by atoms with Gasteiger partial charge in [0.25, 0.3) is 22.9 Å². The Hall–Kier alpha value is -5.83. The number of halogens is 3. The van der Waals surface area contributed by atoms with Gasteiger partial charge in [0.2, 0.25) is 0 Å². The first-order chi connectivity index (χ1) is 28.9. The molecule has 4 atom stereocenters. The molecule has 1 amide bonds. The molecule has 2 aromatic carbocycles. The number of aromatic nitrogens is 10. The lowest BCUT2D eigenvalue weighted by Gasteiger charge is -2.37. The van der Waals surface area contributed by atoms with E-state index in [0.717, 1.165) is 49.2 Å². The normalized spacial score (nSPS) is 19.4. The molecule has 6 heterocycles. The molecule has 0 radical (unpaired) electrons. The van der Waals surface area contributed by atoms with Crippen LogP contribution in [-0.4, -0.2) is 102 Å². The Kier molecular flexibility index (Phi) is 13.8. The number of carbonyl (C=O) groups is 2. The van der Waals surface area contributed by atoms with Crippen LogP contribution in [-0.2, 0) is 11.2 Å². The van der Waals surface area contributed by atoms with Gasteiger partial charge in [-0.2, -0.15) is 40.0 Å². The summed E-state index contributed by atoms with van der Waals surface area (Å²) < 4.78 is 37.1. The van der Waals surface area contributed by atoms with Gasteiger partial charge in [-0.1, -0.05) is 10.3 Å². The summed E-state index contributed by atoms with van der Waals surface area (Å²) >= 11 is 5.35. The van der Waals surface area contributed by atoms with Crippen molar-refractivity contribution in [3.05, 3.63) is 107 Å². The van der Waals surface area contributed by atoms with E-state index >= 15 is 0 Å². The van der Waals surface area contributed by atoms with E-state index in [4.69, 9.17) is 20.6 Å². The number of hydrogen-bond acceptors (Lipinski definition) is 15. The molecule has 0 unspecified atom stereocenters. The predicted octanol–water partition coefficient (Wildman–Crippen LogP) is 5.36. The van der Waals surface area contributed by atoms with E-state index in [2.05, 4.69) is 52.9 Å². The number of nitrogens with zero attached hydrogens (tertiary/aromatic N) is 11. The van der Waals surface area contributed by atoms with Gasteiger partial charge in [0.15, 0.2) is 11.6 Å². The Labute approximate surface area is 354 Å². The molecule has 0 saturated carbocycles. The molecule has 0 bridgehead atoms. The van der Waals surface area contributed by atoms with Gasteiger partial charge in [0.05, 0.1) is 35.9 Å². The molecule has 4 aromatic heterocycles. The molecular weight excluding hydrogens is 818 g/mol. The fourth-order valence-corrected chi connectivity index (χ4v) is 6.80. The van der Waals surface area contributed by atoms with Crippen LogP contribution in [0.25, 0.3) is 11.4 Å². The summed E-state index contributed by atoms with van der Waals surface area (Å²) in [7, 11) is 0. The molecule has 0 spiro atoms. The van der Waals surface area contributed by atoms with Crippen LogP contribution in [0.3, 0.4) is 0 Å². The number of nitrogens with one attached hydrogen (secondary N) is 1. The summed E-state index contributed by atoms with van der Waals surface area (Å²) in [5, 5.41) is 46.1. The maximum Gasteiger partial charge on any atom is 0.258 e. The third-order valence-corrected chi connectivity index (χ3v) is 10.3. The van der Waals surface area contributed by atoms with Crippen LogP contribution < -0.4 is 5.32 Å². The Morgan fingerprint density at radius 2 is 1.21 bits per heavy atom. The molecule has 2 fully saturated rings. The first-order valence-corrected chi connectivity index (χ1v) is 20.0. The highest BCUT2D eigenvalue weighted by molar-refractivity contribution is 6.68. The minimum absolute atomic E-state index is 0.0158. The molecular formula is C40H47ClF2N12O6. The number of aliphatic hydroxyl groups is 2. The second-order valence-corrected chi connectivity index (χ2v) is 16.3. The van der Waals surface area contributed by atoms with Crippen LogP contribution in [0, 0.1) is 11.6 Å². The maximum absolute atomic E-state index is 13.9. The van der Waals surface area contributed by atoms with Crippen molar-refractivity contribution < 1.29 is 37.6 Å². The molecule has 2 aliphatic heterocycles. The molecule has 2 aliphatic rings. The van der Waals surface area contributed by atoms with Crippen molar-refractivity contribution in [1.29, 1.82) is 0 Å². The van der Waals surface area contributed by atoms with Crippen molar-refractivity contribution in [2.24, 2.45) is 0 Å². The molecule has 2 saturated heterocycles. The predicted molar refractivity (Wildman–Crippen MR) is 214 cm³/mol. The van der Waals surface area contributed by atoms with Crippen LogP contribution in [0.4, 0.5) is 8.78 Å². The summed E-state index contributed by atoms with van der Waals surface area (Å²) in [5.74, 6) is 0.568. The van der Waals surface area contributed by atoms with Gasteiger partial charge in [-0.05, 0) is 103 Å². The highest BCUT2D eigenvalue weighted by Crippen LogP contribution is 2.32. The standard InChI is InChI=1S/C20H23FN6O3.C11H19N3O2.C9H5ClFN3O/c1-12-4-5-13(17-24-19(30-25-17)20(2,3)29)11-26(12)18(28)15-7-6-14(21)10-16(15)27-22-8-9-23-27;1-7-4-5-8(6-12-7)9-13-10(16-14-9)11(2,3)15;10-9(15)7-2-1-6(11)5-8(7)14-12-3-4-13-14/h6-10,12-13,29H,4-5,11H2,1-3H3;7-8,12,15H,4-6H2,1-3H3;1-5H/t12-,13-;7-,8-;/m11./s1. The zero-order chi connectivity index (χ0) is 44.1. The lowest BCUT2D eigenvalue weighted by Crippen LogP contribution is -2.45. The van der Waals surface area contributed by atoms with E-state index in [0.29, 0.717) is 41.6 Å². The Morgan fingerprint density at radius 1 is 0.738 bits per heavy atom. The van der Waals surface area contributed by atoms with Crippen molar-refractivity contribution in [3.8, 4) is 11.4 Å². The average molecular weight is 865 g/mol. The van der Waals surface area contributed by atoms with E-state index < -0.39 is 28.1 Å². The van der Waals surface area contributed by atoms with E-state index in [1.165, 1.54) is 53.8 Å². The quantitative estimate of drug-likeness (QED) is 0.164. The van der Waals surface area contributed by atoms with Crippen molar-refractivity contribution in [3.63, 3.8) is 0 Å². The number of piperidine rings is 2. The lowest BCUT2D eigenvalue weighted by atomic mass is 9.92. The molecule has 324 valence electrons. The molecule has 61 heavy (non-hydrogen) atoms. The highest BCUT2D eigenvalue weighted by atomic mass is 35.5. The van der Waals surface area contributed by atoms with E-state index in [1.54, 1.807) is 32.6 Å². The van der Waals surface area contributed by atoms with Gasteiger partial charge in [0.1, 0.15) is 34.2 Å². The van der Waals surface area contributed by atoms with Crippen molar-refractivity contribution >= 4 is 22.8 Å². The number of rotatable bonds is 8. The van der Waals surface area contributed by atoms with Gasteiger partial charge in [-0.25, -0.2) is 8.78 Å². The number of benzene rings is 2. The Morgan fingerprint density at radius 3 is 1.67 bits per heavy atom. The largest absolute Gasteiger partial charge is 0.381 e. The van der Waals surface area contributed by atoms with E-state index in [1.807, 2.05) is 6.92 Å². The summed E-state index contributed by atoms with van der Waals surface area (Å²) in [6, 6.07) is 8.10. The second kappa shape index (κ2) is 18.8. The molecule has 21 heteroatoms. The number of hydrogen-bond donors (Lipinski definition) is 3. The van der Waals surface area contributed by atoms with Crippen molar-refractivity contribution in [2.45, 2.75) is 102 Å². The molecule has 18 nitrogen and oxygen atoms in total. The summed E-state index contributed by atoms with van der Waals surface area (Å²) in [5.41, 5.74) is -1.31. The molecule has 3 N–H and O–H groups in total. The molecule has 6 aromatic rings. The fourth-order valence-electron chi connectivity index (χ4n) is 6.64. The Balaban J connectivity index is 0.000000169. The monoisotopic (exact) mass is 864 g/mol. The van der Waals surface area contributed by atoms with Crippen molar-refractivity contribution in [2.75, 3.05) is 13.1 Å². The minimum atomic E-state index is -1.23. The smallest absolute Gasteiger partial charge is 0.258 e. The minimum Gasteiger partial charge on any atom is -0.381 e. The number of likely N-dealkylation sites (tertiary alicyclic amines) is 1. The van der Waals surface area contributed by atoms with Gasteiger partial charge in [0, 0.05) is 49.1 Å². The third kappa shape index (κ3) is 11.1. The van der Waals surface area contributed by atoms with Gasteiger partial charge in [-0.3, -0.25) is 9.59 Å². The number of amides is 1. The summed E-state index contributed by atoms with van der Waals surface area (Å²) in [6.45, 7) is 11.8. The van der Waals surface area contributed by atoms with Gasteiger partial charge in [-0.15, -0.1) is 0 Å². The van der Waals surface area contributed by atoms with Crippen LogP contribution in [0.5, 0.6) is 0 Å². The van der Waals surface area contributed by atoms with Crippen LogP contribution in [0.1, 0.15) is 123 Å². The van der Waals surface area contributed by atoms with Crippen molar-refractivity contribution in [1.82, 2.24) is 60.5 Å².